The second kappa shape index (κ2) is 6.75. The number of carbonyl (C=O) groups excluding carboxylic acids is 1. The first-order valence-electron chi connectivity index (χ1n) is 7.95. The Hall–Kier alpha value is -1.46. The molecule has 2 fully saturated rings. The van der Waals surface area contributed by atoms with Gasteiger partial charge in [-0.15, -0.1) is 0 Å². The molecule has 22 heavy (non-hydrogen) atoms. The Morgan fingerprint density at radius 2 is 2.09 bits per heavy atom. The fourth-order valence-corrected chi connectivity index (χ4v) is 3.58. The summed E-state index contributed by atoms with van der Waals surface area (Å²) in [4.78, 5) is 14.5. The van der Waals surface area contributed by atoms with Crippen molar-refractivity contribution in [2.75, 3.05) is 19.8 Å². The first kappa shape index (κ1) is 15.4. The van der Waals surface area contributed by atoms with Crippen LogP contribution in [0.15, 0.2) is 24.3 Å². The molecule has 1 heterocycles. The lowest BCUT2D eigenvalue weighted by Gasteiger charge is -2.40. The molecule has 0 spiro atoms. The molecule has 5 heteroatoms. The third-order valence-electron chi connectivity index (χ3n) is 4.78. The average molecular weight is 307 g/mol. The molecule has 1 saturated carbocycles. The van der Waals surface area contributed by atoms with Crippen molar-refractivity contribution in [3.63, 3.8) is 0 Å². The van der Waals surface area contributed by atoms with Crippen LogP contribution in [0.25, 0.3) is 0 Å². The maximum absolute atomic E-state index is 12.9. The zero-order valence-electron chi connectivity index (χ0n) is 12.6. The molecule has 1 aliphatic carbocycles. The maximum atomic E-state index is 12.9. The average Bonchev–Trinajstić information content (AvgIpc) is 2.95. The molecule has 0 unspecified atom stereocenters. The van der Waals surface area contributed by atoms with Crippen molar-refractivity contribution >= 4 is 5.91 Å². The molecule has 1 N–H and O–H groups in total. The molecule has 3 atom stereocenters. The van der Waals surface area contributed by atoms with Gasteiger partial charge >= 0.3 is 0 Å². The standard InChI is InChI=1S/C17H22FNO3/c18-13-6-4-12(5-7-13)10-17(21)19-8-9-22-11-15(19)14-2-1-3-16(14)20/h4-7,14-16,20H,1-3,8-11H2/t14-,15-,16+/m1/s1. The highest BCUT2D eigenvalue weighted by molar-refractivity contribution is 5.79. The predicted octanol–water partition coefficient (Wildman–Crippen LogP) is 1.76. The van der Waals surface area contributed by atoms with Crippen LogP contribution in [0, 0.1) is 11.7 Å². The van der Waals surface area contributed by atoms with Gasteiger partial charge in [0.2, 0.25) is 5.91 Å². The zero-order chi connectivity index (χ0) is 15.5. The first-order chi connectivity index (χ1) is 10.6. The molecule has 120 valence electrons. The van der Waals surface area contributed by atoms with Crippen molar-refractivity contribution in [2.45, 2.75) is 37.8 Å². The lowest BCUT2D eigenvalue weighted by Crippen LogP contribution is -2.54. The lowest BCUT2D eigenvalue weighted by molar-refractivity contribution is -0.143. The van der Waals surface area contributed by atoms with Gasteiger partial charge in [0.15, 0.2) is 0 Å². The van der Waals surface area contributed by atoms with Gasteiger partial charge in [0.25, 0.3) is 0 Å². The van der Waals surface area contributed by atoms with E-state index in [4.69, 9.17) is 4.74 Å². The minimum atomic E-state index is -0.340. The van der Waals surface area contributed by atoms with Crippen molar-refractivity contribution in [3.8, 4) is 0 Å². The number of carbonyl (C=O) groups is 1. The number of rotatable bonds is 3. The van der Waals surface area contributed by atoms with E-state index in [-0.39, 0.29) is 36.2 Å². The van der Waals surface area contributed by atoms with Crippen molar-refractivity contribution < 1.29 is 19.0 Å². The number of halogens is 1. The third-order valence-corrected chi connectivity index (χ3v) is 4.78. The molecule has 1 saturated heterocycles. The van der Waals surface area contributed by atoms with E-state index in [1.807, 2.05) is 4.90 Å². The molecule has 1 amide bonds. The van der Waals surface area contributed by atoms with Crippen LogP contribution in [0.4, 0.5) is 4.39 Å². The highest BCUT2D eigenvalue weighted by atomic mass is 19.1. The number of benzene rings is 1. The Kier molecular flexibility index (Phi) is 4.74. The molecule has 4 nitrogen and oxygen atoms in total. The normalized spacial score (nSPS) is 28.8. The highest BCUT2D eigenvalue weighted by Crippen LogP contribution is 2.32. The monoisotopic (exact) mass is 307 g/mol. The second-order valence-electron chi connectivity index (χ2n) is 6.19. The number of aliphatic hydroxyl groups excluding tert-OH is 1. The summed E-state index contributed by atoms with van der Waals surface area (Å²) in [5.41, 5.74) is 0.809. The van der Waals surface area contributed by atoms with Crippen LogP contribution in [0.3, 0.4) is 0 Å². The van der Waals surface area contributed by atoms with E-state index in [9.17, 15) is 14.3 Å². The van der Waals surface area contributed by atoms with E-state index in [1.165, 1.54) is 12.1 Å². The van der Waals surface area contributed by atoms with Crippen LogP contribution < -0.4 is 0 Å². The van der Waals surface area contributed by atoms with Crippen molar-refractivity contribution in [3.05, 3.63) is 35.6 Å². The quantitative estimate of drug-likeness (QED) is 0.926. The van der Waals surface area contributed by atoms with Crippen molar-refractivity contribution in [1.29, 1.82) is 0 Å². The summed E-state index contributed by atoms with van der Waals surface area (Å²) >= 11 is 0. The van der Waals surface area contributed by atoms with Crippen molar-refractivity contribution in [2.24, 2.45) is 5.92 Å². The molecule has 1 aliphatic heterocycles. The summed E-state index contributed by atoms with van der Waals surface area (Å²) in [6.45, 7) is 1.60. The van der Waals surface area contributed by atoms with E-state index in [0.717, 1.165) is 24.8 Å². The van der Waals surface area contributed by atoms with E-state index in [2.05, 4.69) is 0 Å². The summed E-state index contributed by atoms with van der Waals surface area (Å²) in [5, 5.41) is 10.1. The Bertz CT molecular complexity index is 519. The first-order valence-corrected chi connectivity index (χ1v) is 7.95. The third kappa shape index (κ3) is 3.31. The summed E-state index contributed by atoms with van der Waals surface area (Å²) in [6, 6.07) is 6.00. The fourth-order valence-electron chi connectivity index (χ4n) is 3.58. The topological polar surface area (TPSA) is 49.8 Å². The maximum Gasteiger partial charge on any atom is 0.227 e. The molecule has 1 aromatic carbocycles. The Morgan fingerprint density at radius 3 is 2.77 bits per heavy atom. The zero-order valence-corrected chi connectivity index (χ0v) is 12.6. The van der Waals surface area contributed by atoms with Crippen LogP contribution in [-0.4, -0.2) is 47.8 Å². The number of aliphatic hydroxyl groups is 1. The van der Waals surface area contributed by atoms with E-state index in [1.54, 1.807) is 12.1 Å². The van der Waals surface area contributed by atoms with Crippen LogP contribution >= 0.6 is 0 Å². The van der Waals surface area contributed by atoms with Crippen molar-refractivity contribution in [1.82, 2.24) is 4.90 Å². The van der Waals surface area contributed by atoms with Crippen LogP contribution in [-0.2, 0) is 16.0 Å². The molecule has 3 rings (SSSR count). The minimum Gasteiger partial charge on any atom is -0.393 e. The van der Waals surface area contributed by atoms with Gasteiger partial charge in [0.05, 0.1) is 31.8 Å². The molecule has 1 aromatic rings. The molecule has 0 radical (unpaired) electrons. The summed E-state index contributed by atoms with van der Waals surface area (Å²) in [6.07, 6.45) is 2.67. The molecule has 0 aromatic heterocycles. The van der Waals surface area contributed by atoms with E-state index in [0.29, 0.717) is 19.8 Å². The Labute approximate surface area is 129 Å². The Balaban J connectivity index is 1.69. The van der Waals surface area contributed by atoms with E-state index >= 15 is 0 Å². The van der Waals surface area contributed by atoms with Gasteiger partial charge in [-0.1, -0.05) is 18.6 Å². The van der Waals surface area contributed by atoms with Gasteiger partial charge in [0, 0.05) is 12.5 Å². The molecular weight excluding hydrogens is 285 g/mol. The van der Waals surface area contributed by atoms with Crippen LogP contribution in [0.5, 0.6) is 0 Å². The van der Waals surface area contributed by atoms with Crippen LogP contribution in [0.2, 0.25) is 0 Å². The van der Waals surface area contributed by atoms with Gasteiger partial charge in [-0.3, -0.25) is 4.79 Å². The summed E-state index contributed by atoms with van der Waals surface area (Å²) in [7, 11) is 0. The number of hydrogen-bond acceptors (Lipinski definition) is 3. The van der Waals surface area contributed by atoms with Gasteiger partial charge in [0.1, 0.15) is 5.82 Å². The summed E-state index contributed by atoms with van der Waals surface area (Å²) < 4.78 is 18.5. The predicted molar refractivity (Wildman–Crippen MR) is 79.8 cm³/mol. The Morgan fingerprint density at radius 1 is 1.32 bits per heavy atom. The van der Waals surface area contributed by atoms with Gasteiger partial charge in [-0.2, -0.15) is 0 Å². The van der Waals surface area contributed by atoms with Gasteiger partial charge in [-0.25, -0.2) is 4.39 Å². The van der Waals surface area contributed by atoms with E-state index < -0.39 is 0 Å². The number of nitrogens with zero attached hydrogens (tertiary/aromatic N) is 1. The largest absolute Gasteiger partial charge is 0.393 e. The fraction of sp³-hybridized carbons (Fsp3) is 0.588. The number of hydrogen-bond donors (Lipinski definition) is 1. The molecule has 0 bridgehead atoms. The number of morpholine rings is 1. The highest BCUT2D eigenvalue weighted by Gasteiger charge is 2.39. The number of amides is 1. The van der Waals surface area contributed by atoms with Crippen LogP contribution in [0.1, 0.15) is 24.8 Å². The van der Waals surface area contributed by atoms with Gasteiger partial charge in [-0.05, 0) is 30.5 Å². The summed E-state index contributed by atoms with van der Waals surface area (Å²) in [5.74, 6) is -0.161. The molecular formula is C17H22FNO3. The number of ether oxygens (including phenoxy) is 1. The smallest absolute Gasteiger partial charge is 0.227 e. The molecule has 2 aliphatic rings. The minimum absolute atomic E-state index is 0.0269. The second-order valence-corrected chi connectivity index (χ2v) is 6.19. The lowest BCUT2D eigenvalue weighted by atomic mass is 9.93. The van der Waals surface area contributed by atoms with Gasteiger partial charge < -0.3 is 14.7 Å². The SMILES string of the molecule is O=C(Cc1ccc(F)cc1)N1CCOC[C@@H]1[C@H]1CCC[C@@H]1O.